The molecule has 0 radical (unpaired) electrons. The van der Waals surface area contributed by atoms with Crippen LogP contribution in [-0.2, 0) is 12.8 Å². The van der Waals surface area contributed by atoms with Crippen molar-refractivity contribution in [1.29, 1.82) is 0 Å². The van der Waals surface area contributed by atoms with Crippen molar-refractivity contribution >= 4 is 12.2 Å². The minimum absolute atomic E-state index is 0.0358. The van der Waals surface area contributed by atoms with Crippen molar-refractivity contribution in [2.45, 2.75) is 40.0 Å². The van der Waals surface area contributed by atoms with E-state index in [-0.39, 0.29) is 5.41 Å². The Balaban J connectivity index is 1.44. The number of benzene rings is 4. The second-order valence-electron chi connectivity index (χ2n) is 11.1. The Morgan fingerprint density at radius 3 is 1.44 bits per heavy atom. The van der Waals surface area contributed by atoms with E-state index in [4.69, 9.17) is 0 Å². The van der Waals surface area contributed by atoms with Crippen molar-refractivity contribution in [1.82, 2.24) is 0 Å². The van der Waals surface area contributed by atoms with Crippen molar-refractivity contribution in [3.63, 3.8) is 0 Å². The topological polar surface area (TPSA) is 0 Å². The van der Waals surface area contributed by atoms with Crippen LogP contribution in [0.5, 0.6) is 0 Å². The highest BCUT2D eigenvalue weighted by Gasteiger charge is 2.38. The first-order valence-corrected chi connectivity index (χ1v) is 13.3. The van der Waals surface area contributed by atoms with Crippen LogP contribution in [0.3, 0.4) is 0 Å². The third-order valence-electron chi connectivity index (χ3n) is 8.20. The summed E-state index contributed by atoms with van der Waals surface area (Å²) in [6.07, 6.45) is 8.30. The molecule has 4 aromatic rings. The average molecular weight is 467 g/mol. The van der Waals surface area contributed by atoms with Crippen molar-refractivity contribution in [2.75, 3.05) is 0 Å². The Hall–Kier alpha value is -3.64. The lowest BCUT2D eigenvalue weighted by atomic mass is 9.69. The molecule has 0 aliphatic heterocycles. The van der Waals surface area contributed by atoms with E-state index >= 15 is 0 Å². The molecule has 0 fully saturated rings. The van der Waals surface area contributed by atoms with Gasteiger partial charge in [-0.1, -0.05) is 141 Å². The number of hydrogen-bond acceptors (Lipinski definition) is 0. The lowest BCUT2D eigenvalue weighted by Gasteiger charge is -2.35. The van der Waals surface area contributed by atoms with Gasteiger partial charge in [-0.2, -0.15) is 0 Å². The maximum atomic E-state index is 2.53. The minimum atomic E-state index is 0.0358. The van der Waals surface area contributed by atoms with Gasteiger partial charge in [0.2, 0.25) is 0 Å². The summed E-state index contributed by atoms with van der Waals surface area (Å²) in [5, 5.41) is 0. The molecule has 0 heteroatoms. The van der Waals surface area contributed by atoms with Gasteiger partial charge in [-0.05, 0) is 69.7 Å². The van der Waals surface area contributed by atoms with E-state index in [1.807, 2.05) is 0 Å². The smallest absolute Gasteiger partial charge is 0.0108 e. The molecule has 0 spiro atoms. The Morgan fingerprint density at radius 1 is 0.583 bits per heavy atom. The predicted octanol–water partition coefficient (Wildman–Crippen LogP) is 9.65. The van der Waals surface area contributed by atoms with Gasteiger partial charge in [-0.15, -0.1) is 0 Å². The highest BCUT2D eigenvalue weighted by molar-refractivity contribution is 5.84. The van der Waals surface area contributed by atoms with Gasteiger partial charge in [-0.3, -0.25) is 0 Å². The molecule has 2 aliphatic rings. The summed E-state index contributed by atoms with van der Waals surface area (Å²) in [6.45, 7) is 7.25. The predicted molar refractivity (Wildman–Crippen MR) is 155 cm³/mol. The molecule has 0 N–H and O–H groups in total. The summed E-state index contributed by atoms with van der Waals surface area (Å²) in [6, 6.07) is 35.4. The van der Waals surface area contributed by atoms with Crippen molar-refractivity contribution in [3.8, 4) is 22.3 Å². The summed E-state index contributed by atoms with van der Waals surface area (Å²) in [5.41, 5.74) is 14.2. The fourth-order valence-corrected chi connectivity index (χ4v) is 6.47. The third-order valence-corrected chi connectivity index (χ3v) is 8.20. The molecule has 6 rings (SSSR count). The number of hydrogen-bond donors (Lipinski definition) is 0. The number of fused-ring (bicyclic) bond motifs is 2. The van der Waals surface area contributed by atoms with Crippen LogP contribution in [0.25, 0.3) is 34.4 Å². The normalized spacial score (nSPS) is 14.4. The minimum Gasteiger partial charge on any atom is -0.0627 e. The lowest BCUT2D eigenvalue weighted by Crippen LogP contribution is -2.25. The molecule has 0 nitrogen and oxygen atoms in total. The molecule has 0 bridgehead atoms. The maximum absolute atomic E-state index is 2.53. The molecule has 4 aromatic carbocycles. The van der Waals surface area contributed by atoms with Crippen LogP contribution in [0.2, 0.25) is 0 Å². The van der Waals surface area contributed by atoms with E-state index in [0.717, 1.165) is 19.3 Å². The number of allylic oxidation sites excluding steroid dienone is 2. The van der Waals surface area contributed by atoms with Crippen LogP contribution in [0.4, 0.5) is 0 Å². The fraction of sp³-hybridized carbons (Fsp3) is 0.222. The molecule has 2 aliphatic carbocycles. The molecular weight excluding hydrogens is 432 g/mol. The molecule has 0 saturated carbocycles. The van der Waals surface area contributed by atoms with Crippen LogP contribution < -0.4 is 0 Å². The first-order chi connectivity index (χ1) is 17.5. The van der Waals surface area contributed by atoms with Crippen LogP contribution in [0, 0.1) is 11.3 Å². The van der Waals surface area contributed by atoms with Gasteiger partial charge >= 0.3 is 0 Å². The Bertz CT molecular complexity index is 1360. The standard InChI is InChI=1S/C36H34/c1-25(2)24-36(3,30-20-28-16-10-18-32(34(28)22-30)26-12-6-4-7-13-26)31-21-29-17-11-19-33(35(29)23-31)27-14-8-5-9-15-27/h4-19,22-23,25H,20-21,24H2,1-3H3. The molecule has 0 aromatic heterocycles. The Kier molecular flexibility index (Phi) is 5.76. The lowest BCUT2D eigenvalue weighted by molar-refractivity contribution is 0.363. The molecule has 0 saturated heterocycles. The Morgan fingerprint density at radius 2 is 1.03 bits per heavy atom. The molecule has 0 heterocycles. The summed E-state index contributed by atoms with van der Waals surface area (Å²) < 4.78 is 0. The summed E-state index contributed by atoms with van der Waals surface area (Å²) >= 11 is 0. The SMILES string of the molecule is CC(C)CC(C)(C1=Cc2c(cccc2-c2ccccc2)C1)C1=Cc2c(cccc2-c2ccccc2)C1. The number of rotatable bonds is 6. The Labute approximate surface area is 216 Å². The molecule has 0 amide bonds. The third kappa shape index (κ3) is 3.95. The van der Waals surface area contributed by atoms with Gasteiger partial charge in [0, 0.05) is 5.41 Å². The second-order valence-corrected chi connectivity index (χ2v) is 11.1. The zero-order valence-corrected chi connectivity index (χ0v) is 21.6. The summed E-state index contributed by atoms with van der Waals surface area (Å²) in [5.74, 6) is 0.617. The average Bonchev–Trinajstić information content (AvgIpc) is 3.54. The highest BCUT2D eigenvalue weighted by Crippen LogP contribution is 2.51. The fourth-order valence-electron chi connectivity index (χ4n) is 6.47. The van der Waals surface area contributed by atoms with E-state index < -0.39 is 0 Å². The molecule has 0 unspecified atom stereocenters. The van der Waals surface area contributed by atoms with E-state index in [2.05, 4.69) is 130 Å². The zero-order chi connectivity index (χ0) is 24.7. The van der Waals surface area contributed by atoms with Crippen molar-refractivity contribution in [2.24, 2.45) is 11.3 Å². The van der Waals surface area contributed by atoms with E-state index in [0.29, 0.717) is 5.92 Å². The summed E-state index contributed by atoms with van der Waals surface area (Å²) in [4.78, 5) is 0. The van der Waals surface area contributed by atoms with Crippen molar-refractivity contribution in [3.05, 3.63) is 130 Å². The van der Waals surface area contributed by atoms with Gasteiger partial charge in [-0.25, -0.2) is 0 Å². The van der Waals surface area contributed by atoms with Gasteiger partial charge in [0.15, 0.2) is 0 Å². The zero-order valence-electron chi connectivity index (χ0n) is 21.6. The van der Waals surface area contributed by atoms with Crippen LogP contribution in [0.15, 0.2) is 108 Å². The van der Waals surface area contributed by atoms with Gasteiger partial charge in [0.1, 0.15) is 0 Å². The molecular formula is C36H34. The van der Waals surface area contributed by atoms with Gasteiger partial charge in [0.05, 0.1) is 0 Å². The molecule has 178 valence electrons. The van der Waals surface area contributed by atoms with E-state index in [1.54, 1.807) is 11.1 Å². The highest BCUT2D eigenvalue weighted by atomic mass is 14.4. The molecule has 0 atom stereocenters. The summed E-state index contributed by atoms with van der Waals surface area (Å²) in [7, 11) is 0. The van der Waals surface area contributed by atoms with E-state index in [9.17, 15) is 0 Å². The van der Waals surface area contributed by atoms with E-state index in [1.165, 1.54) is 44.5 Å². The largest absolute Gasteiger partial charge is 0.0627 e. The first kappa shape index (κ1) is 22.8. The molecule has 36 heavy (non-hydrogen) atoms. The van der Waals surface area contributed by atoms with Gasteiger partial charge < -0.3 is 0 Å². The van der Waals surface area contributed by atoms with Crippen LogP contribution in [0.1, 0.15) is 49.4 Å². The van der Waals surface area contributed by atoms with Gasteiger partial charge in [0.25, 0.3) is 0 Å². The first-order valence-electron chi connectivity index (χ1n) is 13.3. The second kappa shape index (κ2) is 9.10. The maximum Gasteiger partial charge on any atom is 0.0108 e. The monoisotopic (exact) mass is 466 g/mol. The quantitative estimate of drug-likeness (QED) is 0.265. The van der Waals surface area contributed by atoms with Crippen molar-refractivity contribution < 1.29 is 0 Å². The van der Waals surface area contributed by atoms with Crippen LogP contribution in [-0.4, -0.2) is 0 Å². The van der Waals surface area contributed by atoms with Crippen LogP contribution >= 0.6 is 0 Å².